The van der Waals surface area contributed by atoms with Gasteiger partial charge in [0.2, 0.25) is 0 Å². The maximum absolute atomic E-state index is 10.1. The van der Waals surface area contributed by atoms with Gasteiger partial charge in [0.1, 0.15) is 30.3 Å². The number of hydrogen-bond donors (Lipinski definition) is 2. The fourth-order valence-electron chi connectivity index (χ4n) is 3.15. The van der Waals surface area contributed by atoms with Crippen molar-refractivity contribution in [3.8, 4) is 5.75 Å². The van der Waals surface area contributed by atoms with E-state index in [9.17, 15) is 5.11 Å². The SMILES string of the molecule is CN(C)C[C@H]1C[C@@H](O)CN1c1cc(NCCOc2cccnc2)ncn1. The third kappa shape index (κ3) is 5.03. The highest BCUT2D eigenvalue weighted by Gasteiger charge is 2.32. The highest BCUT2D eigenvalue weighted by atomic mass is 16.5. The van der Waals surface area contributed by atoms with E-state index in [0.29, 0.717) is 19.7 Å². The van der Waals surface area contributed by atoms with Crippen molar-refractivity contribution in [3.05, 3.63) is 36.9 Å². The van der Waals surface area contributed by atoms with Crippen LogP contribution < -0.4 is 15.0 Å². The van der Waals surface area contributed by atoms with Gasteiger partial charge in [-0.15, -0.1) is 0 Å². The molecule has 0 amide bonds. The summed E-state index contributed by atoms with van der Waals surface area (Å²) in [6, 6.07) is 5.88. The normalized spacial score (nSPS) is 19.8. The second-order valence-corrected chi connectivity index (χ2v) is 6.68. The Morgan fingerprint density at radius 2 is 2.27 bits per heavy atom. The number of nitrogens with one attached hydrogen (secondary N) is 1. The summed E-state index contributed by atoms with van der Waals surface area (Å²) < 4.78 is 5.62. The molecule has 0 saturated carbocycles. The molecule has 0 aliphatic carbocycles. The quantitative estimate of drug-likeness (QED) is 0.672. The molecule has 140 valence electrons. The molecule has 0 spiro atoms. The second-order valence-electron chi connectivity index (χ2n) is 6.68. The molecular formula is C18H26N6O2. The van der Waals surface area contributed by atoms with Crippen LogP contribution in [0.5, 0.6) is 5.75 Å². The number of hydrogen-bond acceptors (Lipinski definition) is 8. The summed E-state index contributed by atoms with van der Waals surface area (Å²) in [7, 11) is 4.08. The maximum atomic E-state index is 10.1. The molecule has 0 bridgehead atoms. The zero-order valence-electron chi connectivity index (χ0n) is 15.2. The summed E-state index contributed by atoms with van der Waals surface area (Å²) in [5.74, 6) is 2.32. The van der Waals surface area contributed by atoms with Gasteiger partial charge in [0.05, 0.1) is 18.8 Å². The van der Waals surface area contributed by atoms with Gasteiger partial charge in [-0.2, -0.15) is 0 Å². The average molecular weight is 358 g/mol. The molecule has 0 radical (unpaired) electrons. The Hall–Kier alpha value is -2.45. The van der Waals surface area contributed by atoms with Crippen LogP contribution in [0.3, 0.4) is 0 Å². The molecule has 2 aromatic heterocycles. The third-order valence-electron chi connectivity index (χ3n) is 4.23. The summed E-state index contributed by atoms with van der Waals surface area (Å²) in [6.07, 6.45) is 5.39. The van der Waals surface area contributed by atoms with Crippen molar-refractivity contribution in [2.75, 3.05) is 50.6 Å². The number of aromatic nitrogens is 3. The number of anilines is 2. The van der Waals surface area contributed by atoms with Crippen LogP contribution in [-0.4, -0.2) is 77.4 Å². The molecule has 1 fully saturated rings. The Labute approximate surface area is 153 Å². The van der Waals surface area contributed by atoms with Crippen LogP contribution >= 0.6 is 0 Å². The predicted molar refractivity (Wildman–Crippen MR) is 101 cm³/mol. The number of likely N-dealkylation sites (N-methyl/N-ethyl adjacent to an activating group) is 1. The minimum atomic E-state index is -0.320. The van der Waals surface area contributed by atoms with Crippen molar-refractivity contribution in [1.82, 2.24) is 19.9 Å². The first-order valence-corrected chi connectivity index (χ1v) is 8.80. The standard InChI is InChI=1S/C18H26N6O2/c1-23(2)11-14-8-15(25)12-24(14)18-9-17(21-13-22-18)20-6-7-26-16-4-3-5-19-10-16/h3-5,9-10,13-15,25H,6-8,11-12H2,1-2H3,(H,20,21,22)/t14-,15-/m1/s1. The van der Waals surface area contributed by atoms with Crippen molar-refractivity contribution in [3.63, 3.8) is 0 Å². The number of pyridine rings is 1. The van der Waals surface area contributed by atoms with Gasteiger partial charge in [-0.25, -0.2) is 9.97 Å². The molecule has 0 aromatic carbocycles. The van der Waals surface area contributed by atoms with Gasteiger partial charge in [-0.3, -0.25) is 4.98 Å². The van der Waals surface area contributed by atoms with E-state index in [2.05, 4.69) is 30.1 Å². The Morgan fingerprint density at radius 3 is 3.04 bits per heavy atom. The molecule has 2 atom stereocenters. The molecule has 1 saturated heterocycles. The van der Waals surface area contributed by atoms with Crippen molar-refractivity contribution < 1.29 is 9.84 Å². The van der Waals surface area contributed by atoms with Gasteiger partial charge in [0.15, 0.2) is 0 Å². The average Bonchev–Trinajstić information content (AvgIpc) is 2.99. The molecule has 3 rings (SSSR count). The lowest BCUT2D eigenvalue weighted by atomic mass is 10.2. The summed E-state index contributed by atoms with van der Waals surface area (Å²) >= 11 is 0. The smallest absolute Gasteiger partial charge is 0.137 e. The zero-order valence-corrected chi connectivity index (χ0v) is 15.2. The molecule has 1 aliphatic rings. The van der Waals surface area contributed by atoms with Crippen LogP contribution in [0, 0.1) is 0 Å². The zero-order chi connectivity index (χ0) is 18.4. The predicted octanol–water partition coefficient (Wildman–Crippen LogP) is 0.864. The largest absolute Gasteiger partial charge is 0.490 e. The van der Waals surface area contributed by atoms with E-state index in [1.165, 1.54) is 0 Å². The number of β-amino-alcohol motifs (C(OH)–C–C–N with tert-alkyl or cyclic N) is 1. The molecule has 26 heavy (non-hydrogen) atoms. The van der Waals surface area contributed by atoms with Crippen LogP contribution in [-0.2, 0) is 0 Å². The fraction of sp³-hybridized carbons (Fsp3) is 0.500. The fourth-order valence-corrected chi connectivity index (χ4v) is 3.15. The van der Waals surface area contributed by atoms with Gasteiger partial charge in [-0.1, -0.05) is 0 Å². The number of ether oxygens (including phenoxy) is 1. The molecule has 8 heteroatoms. The second kappa shape index (κ2) is 8.77. The summed E-state index contributed by atoms with van der Waals surface area (Å²) in [5.41, 5.74) is 0. The molecular weight excluding hydrogens is 332 g/mol. The van der Waals surface area contributed by atoms with Crippen LogP contribution in [0.25, 0.3) is 0 Å². The first-order valence-electron chi connectivity index (χ1n) is 8.80. The molecule has 2 aromatic rings. The summed E-state index contributed by atoms with van der Waals surface area (Å²) in [4.78, 5) is 17.0. The van der Waals surface area contributed by atoms with Gasteiger partial charge in [-0.05, 0) is 32.6 Å². The van der Waals surface area contributed by atoms with Crippen molar-refractivity contribution in [2.45, 2.75) is 18.6 Å². The van der Waals surface area contributed by atoms with Gasteiger partial charge < -0.3 is 25.0 Å². The number of aliphatic hydroxyl groups is 1. The summed E-state index contributed by atoms with van der Waals surface area (Å²) in [6.45, 7) is 2.60. The molecule has 2 N–H and O–H groups in total. The van der Waals surface area contributed by atoms with E-state index >= 15 is 0 Å². The van der Waals surface area contributed by atoms with Crippen molar-refractivity contribution in [1.29, 1.82) is 0 Å². The van der Waals surface area contributed by atoms with Crippen molar-refractivity contribution in [2.24, 2.45) is 0 Å². The Morgan fingerprint density at radius 1 is 1.38 bits per heavy atom. The van der Waals surface area contributed by atoms with E-state index in [4.69, 9.17) is 4.74 Å². The summed E-state index contributed by atoms with van der Waals surface area (Å²) in [5, 5.41) is 13.3. The maximum Gasteiger partial charge on any atom is 0.137 e. The topological polar surface area (TPSA) is 86.6 Å². The van der Waals surface area contributed by atoms with Crippen LogP contribution in [0.4, 0.5) is 11.6 Å². The van der Waals surface area contributed by atoms with E-state index in [-0.39, 0.29) is 12.1 Å². The van der Waals surface area contributed by atoms with E-state index in [1.54, 1.807) is 18.7 Å². The number of rotatable bonds is 8. The van der Waals surface area contributed by atoms with E-state index < -0.39 is 0 Å². The van der Waals surface area contributed by atoms with E-state index in [1.807, 2.05) is 32.3 Å². The lowest BCUT2D eigenvalue weighted by Gasteiger charge is -2.27. The third-order valence-corrected chi connectivity index (χ3v) is 4.23. The first-order chi connectivity index (χ1) is 12.6. The van der Waals surface area contributed by atoms with Crippen LogP contribution in [0.1, 0.15) is 6.42 Å². The van der Waals surface area contributed by atoms with Crippen molar-refractivity contribution >= 4 is 11.6 Å². The van der Waals surface area contributed by atoms with E-state index in [0.717, 1.165) is 30.4 Å². The molecule has 3 heterocycles. The molecule has 0 unspecified atom stereocenters. The highest BCUT2D eigenvalue weighted by Crippen LogP contribution is 2.25. The lowest BCUT2D eigenvalue weighted by Crippen LogP contribution is -2.38. The van der Waals surface area contributed by atoms with Gasteiger partial charge in [0, 0.05) is 31.4 Å². The lowest BCUT2D eigenvalue weighted by molar-refractivity contribution is 0.191. The van der Waals surface area contributed by atoms with Gasteiger partial charge in [0.25, 0.3) is 0 Å². The Kier molecular flexibility index (Phi) is 6.19. The number of aliphatic hydroxyl groups excluding tert-OH is 1. The Balaban J connectivity index is 1.55. The van der Waals surface area contributed by atoms with Crippen LogP contribution in [0.15, 0.2) is 36.9 Å². The highest BCUT2D eigenvalue weighted by molar-refractivity contribution is 5.50. The molecule has 8 nitrogen and oxygen atoms in total. The Bertz CT molecular complexity index is 684. The van der Waals surface area contributed by atoms with Crippen LogP contribution in [0.2, 0.25) is 0 Å². The minimum absolute atomic E-state index is 0.247. The molecule has 1 aliphatic heterocycles. The number of nitrogens with zero attached hydrogens (tertiary/aromatic N) is 5. The monoisotopic (exact) mass is 358 g/mol. The first kappa shape index (κ1) is 18.3. The van der Waals surface area contributed by atoms with Gasteiger partial charge >= 0.3 is 0 Å². The minimum Gasteiger partial charge on any atom is -0.490 e.